The standard InChI is InChI=1S/C12H17BrClNO/c1-15(6-3-7-16-2)11-5-4-10(9-13)12(14)8-11/h4-5,8H,3,6-7,9H2,1-2H3. The lowest BCUT2D eigenvalue weighted by Gasteiger charge is -2.19. The summed E-state index contributed by atoms with van der Waals surface area (Å²) in [4.78, 5) is 2.18. The predicted molar refractivity (Wildman–Crippen MR) is 73.8 cm³/mol. The fourth-order valence-electron chi connectivity index (χ4n) is 1.46. The fourth-order valence-corrected chi connectivity index (χ4v) is 2.35. The van der Waals surface area contributed by atoms with E-state index < -0.39 is 0 Å². The molecule has 0 aromatic heterocycles. The highest BCUT2D eigenvalue weighted by molar-refractivity contribution is 9.08. The second kappa shape index (κ2) is 7.15. The number of hydrogen-bond donors (Lipinski definition) is 0. The van der Waals surface area contributed by atoms with Gasteiger partial charge in [0.25, 0.3) is 0 Å². The van der Waals surface area contributed by atoms with Crippen LogP contribution in [0, 0.1) is 0 Å². The molecule has 90 valence electrons. The van der Waals surface area contributed by atoms with Crippen LogP contribution < -0.4 is 4.90 Å². The molecule has 1 aromatic rings. The van der Waals surface area contributed by atoms with Crippen molar-refractivity contribution in [3.63, 3.8) is 0 Å². The second-order valence-corrected chi connectivity index (χ2v) is 4.65. The first-order chi connectivity index (χ1) is 7.69. The van der Waals surface area contributed by atoms with Crippen molar-refractivity contribution >= 4 is 33.2 Å². The Morgan fingerprint density at radius 2 is 2.19 bits per heavy atom. The third kappa shape index (κ3) is 3.96. The van der Waals surface area contributed by atoms with Gasteiger partial charge >= 0.3 is 0 Å². The van der Waals surface area contributed by atoms with Gasteiger partial charge in [-0.15, -0.1) is 0 Å². The molecule has 0 saturated carbocycles. The van der Waals surface area contributed by atoms with Crippen LogP contribution in [-0.4, -0.2) is 27.3 Å². The Morgan fingerprint density at radius 1 is 1.44 bits per heavy atom. The number of alkyl halides is 1. The van der Waals surface area contributed by atoms with Gasteiger partial charge in [0.1, 0.15) is 0 Å². The first-order valence-corrected chi connectivity index (χ1v) is 6.73. The molecule has 1 rings (SSSR count). The molecule has 4 heteroatoms. The maximum Gasteiger partial charge on any atom is 0.0479 e. The zero-order chi connectivity index (χ0) is 12.0. The van der Waals surface area contributed by atoms with Crippen LogP contribution in [0.15, 0.2) is 18.2 Å². The van der Waals surface area contributed by atoms with Crippen LogP contribution in [0.25, 0.3) is 0 Å². The van der Waals surface area contributed by atoms with Gasteiger partial charge < -0.3 is 9.64 Å². The highest BCUT2D eigenvalue weighted by atomic mass is 79.9. The van der Waals surface area contributed by atoms with Crippen molar-refractivity contribution < 1.29 is 4.74 Å². The number of methoxy groups -OCH3 is 1. The topological polar surface area (TPSA) is 12.5 Å². The Kier molecular flexibility index (Phi) is 6.17. The van der Waals surface area contributed by atoms with Crippen molar-refractivity contribution in [2.75, 3.05) is 32.2 Å². The molecule has 0 atom stereocenters. The maximum absolute atomic E-state index is 6.15. The summed E-state index contributed by atoms with van der Waals surface area (Å²) < 4.78 is 5.03. The minimum absolute atomic E-state index is 0.789. The van der Waals surface area contributed by atoms with Gasteiger partial charge in [0.05, 0.1) is 0 Å². The first kappa shape index (κ1) is 13.8. The van der Waals surface area contributed by atoms with Gasteiger partial charge in [0, 0.05) is 43.3 Å². The summed E-state index contributed by atoms with van der Waals surface area (Å²) in [6.07, 6.45) is 1.02. The number of benzene rings is 1. The minimum atomic E-state index is 0.789. The molecule has 0 N–H and O–H groups in total. The van der Waals surface area contributed by atoms with Crippen LogP contribution in [0.4, 0.5) is 5.69 Å². The summed E-state index contributed by atoms with van der Waals surface area (Å²) in [5, 5.41) is 1.60. The quantitative estimate of drug-likeness (QED) is 0.587. The van der Waals surface area contributed by atoms with E-state index in [9.17, 15) is 0 Å². The number of rotatable bonds is 6. The molecule has 0 radical (unpaired) electrons. The average molecular weight is 307 g/mol. The van der Waals surface area contributed by atoms with Crippen LogP contribution in [0.5, 0.6) is 0 Å². The molecule has 0 heterocycles. The van der Waals surface area contributed by atoms with E-state index in [4.69, 9.17) is 16.3 Å². The summed E-state index contributed by atoms with van der Waals surface area (Å²) in [6, 6.07) is 6.15. The zero-order valence-electron chi connectivity index (χ0n) is 9.67. The normalized spacial score (nSPS) is 10.5. The van der Waals surface area contributed by atoms with E-state index >= 15 is 0 Å². The van der Waals surface area contributed by atoms with Gasteiger partial charge in [-0.3, -0.25) is 0 Å². The second-order valence-electron chi connectivity index (χ2n) is 3.68. The highest BCUT2D eigenvalue weighted by Crippen LogP contribution is 2.24. The van der Waals surface area contributed by atoms with Crippen LogP contribution in [-0.2, 0) is 10.1 Å². The molecular weight excluding hydrogens is 289 g/mol. The van der Waals surface area contributed by atoms with Crippen LogP contribution in [0.2, 0.25) is 5.02 Å². The lowest BCUT2D eigenvalue weighted by molar-refractivity contribution is 0.196. The summed E-state index contributed by atoms with van der Waals surface area (Å²) >= 11 is 9.56. The maximum atomic E-state index is 6.15. The first-order valence-electron chi connectivity index (χ1n) is 5.23. The van der Waals surface area contributed by atoms with E-state index in [1.807, 2.05) is 6.07 Å². The van der Waals surface area contributed by atoms with E-state index in [0.717, 1.165) is 41.2 Å². The van der Waals surface area contributed by atoms with Crippen LogP contribution in [0.3, 0.4) is 0 Å². The number of hydrogen-bond acceptors (Lipinski definition) is 2. The van der Waals surface area contributed by atoms with Gasteiger partial charge in [-0.25, -0.2) is 0 Å². The van der Waals surface area contributed by atoms with Gasteiger partial charge in [0.2, 0.25) is 0 Å². The smallest absolute Gasteiger partial charge is 0.0479 e. The highest BCUT2D eigenvalue weighted by Gasteiger charge is 2.04. The SMILES string of the molecule is COCCCN(C)c1ccc(CBr)c(Cl)c1. The number of ether oxygens (including phenoxy) is 1. The molecule has 0 aliphatic carbocycles. The molecule has 0 saturated heterocycles. The van der Waals surface area contributed by atoms with E-state index in [-0.39, 0.29) is 0 Å². The van der Waals surface area contributed by atoms with Crippen LogP contribution >= 0.6 is 27.5 Å². The minimum Gasteiger partial charge on any atom is -0.385 e. The van der Waals surface area contributed by atoms with E-state index in [0.29, 0.717) is 0 Å². The molecule has 16 heavy (non-hydrogen) atoms. The van der Waals surface area contributed by atoms with Gasteiger partial charge in [-0.1, -0.05) is 33.6 Å². The molecule has 0 aliphatic rings. The van der Waals surface area contributed by atoms with Crippen molar-refractivity contribution in [2.45, 2.75) is 11.8 Å². The Hall–Kier alpha value is -0.250. The molecule has 1 aromatic carbocycles. The van der Waals surface area contributed by atoms with Gasteiger partial charge in [-0.05, 0) is 24.1 Å². The van der Waals surface area contributed by atoms with Gasteiger partial charge in [-0.2, -0.15) is 0 Å². The number of nitrogens with zero attached hydrogens (tertiary/aromatic N) is 1. The van der Waals surface area contributed by atoms with Crippen molar-refractivity contribution in [1.82, 2.24) is 0 Å². The number of anilines is 1. The van der Waals surface area contributed by atoms with E-state index in [1.54, 1.807) is 7.11 Å². The Balaban J connectivity index is 2.62. The van der Waals surface area contributed by atoms with Crippen molar-refractivity contribution in [1.29, 1.82) is 0 Å². The van der Waals surface area contributed by atoms with Crippen molar-refractivity contribution in [3.05, 3.63) is 28.8 Å². The van der Waals surface area contributed by atoms with Crippen molar-refractivity contribution in [2.24, 2.45) is 0 Å². The average Bonchev–Trinajstić information content (AvgIpc) is 2.29. The predicted octanol–water partition coefficient (Wildman–Crippen LogP) is 3.71. The largest absolute Gasteiger partial charge is 0.385 e. The van der Waals surface area contributed by atoms with Crippen LogP contribution in [0.1, 0.15) is 12.0 Å². The Labute approximate surface area is 111 Å². The molecule has 0 aliphatic heterocycles. The van der Waals surface area contributed by atoms with E-state index in [2.05, 4.69) is 40.0 Å². The molecule has 0 bridgehead atoms. The summed E-state index contributed by atoms with van der Waals surface area (Å²) in [6.45, 7) is 1.76. The molecule has 0 amide bonds. The third-order valence-electron chi connectivity index (χ3n) is 2.46. The molecule has 0 unspecified atom stereocenters. The third-order valence-corrected chi connectivity index (χ3v) is 3.42. The lowest BCUT2D eigenvalue weighted by Crippen LogP contribution is -2.19. The Morgan fingerprint density at radius 3 is 2.75 bits per heavy atom. The fraction of sp³-hybridized carbons (Fsp3) is 0.500. The summed E-state index contributed by atoms with van der Waals surface area (Å²) in [5.74, 6) is 0. The Bertz CT molecular complexity index is 333. The number of halogens is 2. The molecule has 0 spiro atoms. The summed E-state index contributed by atoms with van der Waals surface area (Å²) in [5.41, 5.74) is 2.27. The van der Waals surface area contributed by atoms with Gasteiger partial charge in [0.15, 0.2) is 0 Å². The monoisotopic (exact) mass is 305 g/mol. The summed E-state index contributed by atoms with van der Waals surface area (Å²) in [7, 11) is 3.79. The molecule has 0 fully saturated rings. The molecular formula is C12H17BrClNO. The van der Waals surface area contributed by atoms with E-state index in [1.165, 1.54) is 0 Å². The zero-order valence-corrected chi connectivity index (χ0v) is 12.0. The van der Waals surface area contributed by atoms with Crippen molar-refractivity contribution in [3.8, 4) is 0 Å². The molecule has 2 nitrogen and oxygen atoms in total. The lowest BCUT2D eigenvalue weighted by atomic mass is 10.2.